The van der Waals surface area contributed by atoms with Crippen LogP contribution in [-0.4, -0.2) is 39.5 Å². The number of methoxy groups -OCH3 is 2. The highest BCUT2D eigenvalue weighted by molar-refractivity contribution is 4.80. The lowest BCUT2D eigenvalue weighted by Gasteiger charge is -2.32. The van der Waals surface area contributed by atoms with Gasteiger partial charge in [-0.05, 0) is 37.5 Å². The molecular weight excluding hydrogens is 214 g/mol. The van der Waals surface area contributed by atoms with Crippen LogP contribution < -0.4 is 5.32 Å². The van der Waals surface area contributed by atoms with E-state index in [0.29, 0.717) is 17.6 Å². The molecule has 1 rings (SSSR count). The molecule has 1 N–H and O–H groups in total. The summed E-state index contributed by atoms with van der Waals surface area (Å²) in [6, 6.07) is 0.684. The first-order valence-corrected chi connectivity index (χ1v) is 6.82. The van der Waals surface area contributed by atoms with Crippen LogP contribution in [0.4, 0.5) is 0 Å². The fourth-order valence-corrected chi connectivity index (χ4v) is 2.39. The molecule has 3 heteroatoms. The summed E-state index contributed by atoms with van der Waals surface area (Å²) in [5.41, 5.74) is 0.327. The third kappa shape index (κ3) is 5.84. The Morgan fingerprint density at radius 3 is 2.29 bits per heavy atom. The maximum Gasteiger partial charge on any atom is 0.0572 e. The molecule has 0 amide bonds. The van der Waals surface area contributed by atoms with Crippen molar-refractivity contribution >= 4 is 0 Å². The topological polar surface area (TPSA) is 30.5 Å². The van der Waals surface area contributed by atoms with Crippen LogP contribution in [-0.2, 0) is 9.47 Å². The molecule has 1 aliphatic carbocycles. The molecule has 0 aliphatic heterocycles. The smallest absolute Gasteiger partial charge is 0.0572 e. The molecule has 3 nitrogen and oxygen atoms in total. The Labute approximate surface area is 106 Å². The van der Waals surface area contributed by atoms with Gasteiger partial charge in [-0.1, -0.05) is 13.8 Å². The van der Waals surface area contributed by atoms with Gasteiger partial charge in [0.15, 0.2) is 0 Å². The second-order valence-electron chi connectivity index (χ2n) is 6.00. The van der Waals surface area contributed by atoms with Crippen LogP contribution in [0.25, 0.3) is 0 Å². The van der Waals surface area contributed by atoms with Gasteiger partial charge < -0.3 is 14.8 Å². The number of nitrogens with one attached hydrogen (secondary N) is 1. The van der Waals surface area contributed by atoms with Gasteiger partial charge in [-0.3, -0.25) is 0 Å². The van der Waals surface area contributed by atoms with Gasteiger partial charge in [-0.15, -0.1) is 0 Å². The van der Waals surface area contributed by atoms with Gasteiger partial charge in [0.1, 0.15) is 0 Å². The fraction of sp³-hybridized carbons (Fsp3) is 1.00. The molecule has 0 aromatic rings. The van der Waals surface area contributed by atoms with Crippen molar-refractivity contribution < 1.29 is 9.47 Å². The lowest BCUT2D eigenvalue weighted by atomic mass is 9.87. The number of hydrogen-bond donors (Lipinski definition) is 1. The minimum absolute atomic E-state index is 0.327. The van der Waals surface area contributed by atoms with Crippen molar-refractivity contribution in [1.29, 1.82) is 0 Å². The molecule has 17 heavy (non-hydrogen) atoms. The molecule has 1 saturated carbocycles. The molecule has 0 bridgehead atoms. The summed E-state index contributed by atoms with van der Waals surface area (Å²) in [5.74, 6) is 0. The molecule has 102 valence electrons. The van der Waals surface area contributed by atoms with E-state index < -0.39 is 0 Å². The number of hydrogen-bond acceptors (Lipinski definition) is 3. The highest BCUT2D eigenvalue weighted by Crippen LogP contribution is 2.23. The summed E-state index contributed by atoms with van der Waals surface area (Å²) in [7, 11) is 3.60. The van der Waals surface area contributed by atoms with Gasteiger partial charge in [0, 0.05) is 33.4 Å². The Hall–Kier alpha value is -0.120. The number of rotatable bonds is 7. The van der Waals surface area contributed by atoms with Crippen LogP contribution in [0.15, 0.2) is 0 Å². The van der Waals surface area contributed by atoms with Crippen molar-refractivity contribution in [2.24, 2.45) is 5.41 Å². The minimum atomic E-state index is 0.327. The van der Waals surface area contributed by atoms with E-state index in [1.165, 1.54) is 25.7 Å². The lowest BCUT2D eigenvalue weighted by molar-refractivity contribution is 0.0606. The van der Waals surface area contributed by atoms with Crippen LogP contribution in [0.3, 0.4) is 0 Å². The van der Waals surface area contributed by atoms with Crippen LogP contribution >= 0.6 is 0 Å². The van der Waals surface area contributed by atoms with Gasteiger partial charge in [0.25, 0.3) is 0 Å². The average Bonchev–Trinajstić information content (AvgIpc) is 2.35. The second-order valence-corrected chi connectivity index (χ2v) is 6.00. The normalized spacial score (nSPS) is 26.1. The maximum atomic E-state index is 5.39. The van der Waals surface area contributed by atoms with Crippen LogP contribution in [0.5, 0.6) is 0 Å². The predicted molar refractivity (Wildman–Crippen MR) is 71.3 cm³/mol. The average molecular weight is 243 g/mol. The first-order chi connectivity index (χ1) is 8.07. The lowest BCUT2D eigenvalue weighted by Crippen LogP contribution is -2.40. The summed E-state index contributed by atoms with van der Waals surface area (Å²) in [6.45, 7) is 6.55. The van der Waals surface area contributed by atoms with Crippen molar-refractivity contribution in [3.63, 3.8) is 0 Å². The monoisotopic (exact) mass is 243 g/mol. The van der Waals surface area contributed by atoms with E-state index in [0.717, 1.165) is 19.6 Å². The summed E-state index contributed by atoms with van der Waals surface area (Å²) < 4.78 is 10.5. The SMILES string of the molecule is COCCC(C)(C)CNC1CCC(OC)CC1. The standard InChI is InChI=1S/C14H29NO2/c1-14(2,9-10-16-3)11-15-12-5-7-13(17-4)8-6-12/h12-13,15H,5-11H2,1-4H3. The molecule has 0 atom stereocenters. The molecule has 1 fully saturated rings. The summed E-state index contributed by atoms with van der Waals surface area (Å²) in [6.07, 6.45) is 6.51. The van der Waals surface area contributed by atoms with Gasteiger partial charge in [-0.25, -0.2) is 0 Å². The Kier molecular flexibility index (Phi) is 6.45. The fourth-order valence-electron chi connectivity index (χ4n) is 2.39. The van der Waals surface area contributed by atoms with Gasteiger partial charge in [0.2, 0.25) is 0 Å². The molecule has 1 aliphatic rings. The van der Waals surface area contributed by atoms with E-state index in [4.69, 9.17) is 9.47 Å². The van der Waals surface area contributed by atoms with Crippen LogP contribution in [0.2, 0.25) is 0 Å². The van der Waals surface area contributed by atoms with Gasteiger partial charge in [0.05, 0.1) is 6.10 Å². The van der Waals surface area contributed by atoms with E-state index >= 15 is 0 Å². The van der Waals surface area contributed by atoms with Crippen molar-refractivity contribution in [3.05, 3.63) is 0 Å². The van der Waals surface area contributed by atoms with Crippen molar-refractivity contribution in [2.45, 2.75) is 58.1 Å². The Bertz CT molecular complexity index is 198. The van der Waals surface area contributed by atoms with Crippen molar-refractivity contribution in [2.75, 3.05) is 27.4 Å². The first-order valence-electron chi connectivity index (χ1n) is 6.82. The Balaban J connectivity index is 2.18. The minimum Gasteiger partial charge on any atom is -0.385 e. The molecule has 0 radical (unpaired) electrons. The van der Waals surface area contributed by atoms with Crippen molar-refractivity contribution in [3.8, 4) is 0 Å². The zero-order valence-corrected chi connectivity index (χ0v) is 11.9. The molecule has 0 heterocycles. The molecule has 0 spiro atoms. The molecule has 0 saturated heterocycles. The molecule has 0 aromatic carbocycles. The molecule has 0 unspecified atom stereocenters. The zero-order chi connectivity index (χ0) is 12.7. The highest BCUT2D eigenvalue weighted by Gasteiger charge is 2.23. The summed E-state index contributed by atoms with van der Waals surface area (Å²) >= 11 is 0. The van der Waals surface area contributed by atoms with E-state index in [9.17, 15) is 0 Å². The van der Waals surface area contributed by atoms with Crippen LogP contribution in [0, 0.1) is 5.41 Å². The maximum absolute atomic E-state index is 5.39. The van der Waals surface area contributed by atoms with E-state index in [2.05, 4.69) is 19.2 Å². The zero-order valence-electron chi connectivity index (χ0n) is 11.9. The summed E-state index contributed by atoms with van der Waals surface area (Å²) in [5, 5.41) is 3.70. The van der Waals surface area contributed by atoms with Crippen LogP contribution in [0.1, 0.15) is 46.0 Å². The Morgan fingerprint density at radius 1 is 1.12 bits per heavy atom. The largest absolute Gasteiger partial charge is 0.385 e. The third-order valence-electron chi connectivity index (χ3n) is 3.86. The first kappa shape index (κ1) is 14.9. The third-order valence-corrected chi connectivity index (χ3v) is 3.86. The Morgan fingerprint density at radius 2 is 1.76 bits per heavy atom. The molecular formula is C14H29NO2. The highest BCUT2D eigenvalue weighted by atomic mass is 16.5. The van der Waals surface area contributed by atoms with Gasteiger partial charge in [-0.2, -0.15) is 0 Å². The molecule has 0 aromatic heterocycles. The van der Waals surface area contributed by atoms with Crippen molar-refractivity contribution in [1.82, 2.24) is 5.32 Å². The van der Waals surface area contributed by atoms with E-state index in [1.807, 2.05) is 7.11 Å². The van der Waals surface area contributed by atoms with E-state index in [1.54, 1.807) is 7.11 Å². The van der Waals surface area contributed by atoms with Gasteiger partial charge >= 0.3 is 0 Å². The summed E-state index contributed by atoms with van der Waals surface area (Å²) in [4.78, 5) is 0. The quantitative estimate of drug-likeness (QED) is 0.745. The number of ether oxygens (including phenoxy) is 2. The second kappa shape index (κ2) is 7.34. The predicted octanol–water partition coefficient (Wildman–Crippen LogP) is 2.60. The van der Waals surface area contributed by atoms with E-state index in [-0.39, 0.29) is 0 Å².